The van der Waals surface area contributed by atoms with E-state index in [-0.39, 0.29) is 22.9 Å². The maximum Gasteiger partial charge on any atom is 0.295 e. The summed E-state index contributed by atoms with van der Waals surface area (Å²) < 4.78 is 15.6. The summed E-state index contributed by atoms with van der Waals surface area (Å²) in [6.07, 6.45) is 3.47. The number of carbonyl (C=O) groups is 2. The molecule has 29 heavy (non-hydrogen) atoms. The van der Waals surface area contributed by atoms with Crippen LogP contribution in [-0.4, -0.2) is 27.7 Å². The Kier molecular flexibility index (Phi) is 5.30. The van der Waals surface area contributed by atoms with Gasteiger partial charge in [0.05, 0.1) is 11.6 Å². The lowest BCUT2D eigenvalue weighted by Gasteiger charge is -2.31. The fourth-order valence-corrected chi connectivity index (χ4v) is 4.61. The first-order valence-electron chi connectivity index (χ1n) is 9.71. The molecule has 0 radical (unpaired) electrons. The Hall–Kier alpha value is -2.47. The Bertz CT molecular complexity index is 1030. The van der Waals surface area contributed by atoms with Crippen molar-refractivity contribution in [2.45, 2.75) is 44.7 Å². The topological polar surface area (TPSA) is 57.6 Å². The van der Waals surface area contributed by atoms with Gasteiger partial charge in [0.1, 0.15) is 11.6 Å². The molecule has 1 saturated carbocycles. The van der Waals surface area contributed by atoms with Gasteiger partial charge in [0.2, 0.25) is 0 Å². The van der Waals surface area contributed by atoms with Crippen molar-refractivity contribution in [2.24, 2.45) is 0 Å². The summed E-state index contributed by atoms with van der Waals surface area (Å²) in [5.74, 6) is -2.20. The summed E-state index contributed by atoms with van der Waals surface area (Å²) >= 11 is 3.42. The molecule has 1 amide bonds. The molecule has 1 unspecified atom stereocenters. The zero-order valence-corrected chi connectivity index (χ0v) is 17.6. The van der Waals surface area contributed by atoms with Gasteiger partial charge in [0.15, 0.2) is 0 Å². The number of halogens is 2. The van der Waals surface area contributed by atoms with E-state index >= 15 is 0 Å². The summed E-state index contributed by atoms with van der Waals surface area (Å²) in [6.45, 7) is 1.87. The van der Waals surface area contributed by atoms with Crippen LogP contribution < -0.4 is 0 Å². The molecule has 4 nitrogen and oxygen atoms in total. The SMILES string of the molecule is Cc1cc(/C(O)=C2\C(=O)C(=O)N(C3CCCC3)C2c2ccccc2F)ccc1Br. The third kappa shape index (κ3) is 3.39. The van der Waals surface area contributed by atoms with E-state index in [4.69, 9.17) is 0 Å². The normalized spacial score (nSPS) is 21.9. The lowest BCUT2D eigenvalue weighted by atomic mass is 9.94. The summed E-state index contributed by atoms with van der Waals surface area (Å²) in [4.78, 5) is 27.4. The van der Waals surface area contributed by atoms with Crippen LogP contribution in [0, 0.1) is 12.7 Å². The van der Waals surface area contributed by atoms with E-state index in [1.807, 2.05) is 6.92 Å². The summed E-state index contributed by atoms with van der Waals surface area (Å²) in [5.41, 5.74) is 1.49. The first-order valence-corrected chi connectivity index (χ1v) is 10.5. The third-order valence-electron chi connectivity index (χ3n) is 5.83. The van der Waals surface area contributed by atoms with Crippen LogP contribution in [0.4, 0.5) is 4.39 Å². The van der Waals surface area contributed by atoms with Gasteiger partial charge in [-0.3, -0.25) is 9.59 Å². The van der Waals surface area contributed by atoms with Gasteiger partial charge in [0.25, 0.3) is 11.7 Å². The summed E-state index contributed by atoms with van der Waals surface area (Å²) in [5, 5.41) is 11.0. The number of amides is 1. The summed E-state index contributed by atoms with van der Waals surface area (Å²) in [7, 11) is 0. The Morgan fingerprint density at radius 1 is 1.14 bits per heavy atom. The minimum absolute atomic E-state index is 0.0475. The number of hydrogen-bond donors (Lipinski definition) is 1. The van der Waals surface area contributed by atoms with E-state index in [1.54, 1.807) is 36.4 Å². The van der Waals surface area contributed by atoms with Crippen molar-refractivity contribution in [1.29, 1.82) is 0 Å². The molecule has 0 spiro atoms. The second kappa shape index (κ2) is 7.75. The molecule has 1 saturated heterocycles. The number of carbonyl (C=O) groups excluding carboxylic acids is 2. The van der Waals surface area contributed by atoms with Crippen molar-refractivity contribution in [2.75, 3.05) is 0 Å². The van der Waals surface area contributed by atoms with Crippen molar-refractivity contribution < 1.29 is 19.1 Å². The molecule has 1 atom stereocenters. The fraction of sp³-hybridized carbons (Fsp3) is 0.304. The monoisotopic (exact) mass is 457 g/mol. The van der Waals surface area contributed by atoms with Crippen LogP contribution in [0.15, 0.2) is 52.5 Å². The fourth-order valence-electron chi connectivity index (χ4n) is 4.36. The van der Waals surface area contributed by atoms with Crippen LogP contribution in [0.1, 0.15) is 48.4 Å². The number of aryl methyl sites for hydroxylation is 1. The molecule has 2 aromatic carbocycles. The zero-order chi connectivity index (χ0) is 20.7. The Balaban J connectivity index is 1.92. The maximum absolute atomic E-state index is 14.8. The average molecular weight is 458 g/mol. The second-order valence-electron chi connectivity index (χ2n) is 7.63. The number of hydrogen-bond acceptors (Lipinski definition) is 3. The molecule has 0 aromatic heterocycles. The third-order valence-corrected chi connectivity index (χ3v) is 6.72. The highest BCUT2D eigenvalue weighted by atomic mass is 79.9. The standard InChI is InChI=1S/C23H21BrFNO3/c1-13-12-14(10-11-17(13)24)21(27)19-20(16-8-4-5-9-18(16)25)26(23(29)22(19)28)15-6-2-3-7-15/h4-5,8-12,15,20,27H,2-3,6-7H2,1H3/b21-19+. The molecule has 2 aromatic rings. The first kappa shape index (κ1) is 19.8. The van der Waals surface area contributed by atoms with Crippen LogP contribution in [0.5, 0.6) is 0 Å². The highest BCUT2D eigenvalue weighted by Crippen LogP contribution is 2.44. The highest BCUT2D eigenvalue weighted by Gasteiger charge is 2.49. The lowest BCUT2D eigenvalue weighted by molar-refractivity contribution is -0.141. The molecule has 150 valence electrons. The lowest BCUT2D eigenvalue weighted by Crippen LogP contribution is -2.38. The van der Waals surface area contributed by atoms with Gasteiger partial charge in [-0.05, 0) is 43.5 Å². The van der Waals surface area contributed by atoms with Crippen LogP contribution in [0.25, 0.3) is 5.76 Å². The average Bonchev–Trinajstić information content (AvgIpc) is 3.31. The number of aliphatic hydroxyl groups excluding tert-OH is 1. The van der Waals surface area contributed by atoms with Crippen LogP contribution in [0.3, 0.4) is 0 Å². The number of aliphatic hydroxyl groups is 1. The molecule has 1 aliphatic carbocycles. The molecule has 2 fully saturated rings. The Morgan fingerprint density at radius 3 is 2.48 bits per heavy atom. The van der Waals surface area contributed by atoms with E-state index < -0.39 is 23.5 Å². The molecule has 6 heteroatoms. The Labute approximate surface area is 177 Å². The highest BCUT2D eigenvalue weighted by molar-refractivity contribution is 9.10. The number of likely N-dealkylation sites (tertiary alicyclic amines) is 1. The van der Waals surface area contributed by atoms with E-state index in [2.05, 4.69) is 15.9 Å². The molecule has 4 rings (SSSR count). The molecule has 1 aliphatic heterocycles. The molecule has 2 aliphatic rings. The predicted molar refractivity (Wildman–Crippen MR) is 112 cm³/mol. The van der Waals surface area contributed by atoms with Crippen molar-refractivity contribution in [3.8, 4) is 0 Å². The van der Waals surface area contributed by atoms with Crippen molar-refractivity contribution in [3.05, 3.63) is 75.0 Å². The molecular weight excluding hydrogens is 437 g/mol. The predicted octanol–water partition coefficient (Wildman–Crippen LogP) is 5.26. The smallest absolute Gasteiger partial charge is 0.295 e. The van der Waals surface area contributed by atoms with E-state index in [1.165, 1.54) is 11.0 Å². The van der Waals surface area contributed by atoms with E-state index in [0.717, 1.165) is 35.7 Å². The van der Waals surface area contributed by atoms with Gasteiger partial charge in [-0.1, -0.05) is 53.0 Å². The second-order valence-corrected chi connectivity index (χ2v) is 8.48. The molecule has 1 heterocycles. The van der Waals surface area contributed by atoms with Crippen LogP contribution >= 0.6 is 15.9 Å². The Morgan fingerprint density at radius 2 is 1.83 bits per heavy atom. The van der Waals surface area contributed by atoms with Crippen LogP contribution in [-0.2, 0) is 9.59 Å². The quantitative estimate of drug-likeness (QED) is 0.388. The number of ketones is 1. The van der Waals surface area contributed by atoms with Gasteiger partial charge < -0.3 is 10.0 Å². The minimum Gasteiger partial charge on any atom is -0.507 e. The summed E-state index contributed by atoms with van der Waals surface area (Å²) in [6, 6.07) is 10.3. The van der Waals surface area contributed by atoms with Gasteiger partial charge in [0, 0.05) is 21.6 Å². The number of nitrogens with zero attached hydrogens (tertiary/aromatic N) is 1. The van der Waals surface area contributed by atoms with Gasteiger partial charge in [-0.2, -0.15) is 0 Å². The van der Waals surface area contributed by atoms with E-state index in [0.29, 0.717) is 5.56 Å². The molecule has 0 bridgehead atoms. The minimum atomic E-state index is -0.928. The van der Waals surface area contributed by atoms with Crippen molar-refractivity contribution in [3.63, 3.8) is 0 Å². The van der Waals surface area contributed by atoms with Crippen molar-refractivity contribution >= 4 is 33.4 Å². The molecular formula is C23H21BrFNO3. The molecule has 1 N–H and O–H groups in total. The number of benzene rings is 2. The van der Waals surface area contributed by atoms with Gasteiger partial charge >= 0.3 is 0 Å². The van der Waals surface area contributed by atoms with Gasteiger partial charge in [-0.25, -0.2) is 4.39 Å². The zero-order valence-electron chi connectivity index (χ0n) is 16.0. The van der Waals surface area contributed by atoms with Crippen LogP contribution in [0.2, 0.25) is 0 Å². The van der Waals surface area contributed by atoms with E-state index in [9.17, 15) is 19.1 Å². The largest absolute Gasteiger partial charge is 0.507 e. The first-order chi connectivity index (χ1) is 13.9. The number of rotatable bonds is 3. The van der Waals surface area contributed by atoms with Gasteiger partial charge in [-0.15, -0.1) is 0 Å². The number of Topliss-reactive ketones (excluding diaryl/α,β-unsaturated/α-hetero) is 1. The van der Waals surface area contributed by atoms with Crippen molar-refractivity contribution in [1.82, 2.24) is 4.90 Å². The maximum atomic E-state index is 14.8.